The van der Waals surface area contributed by atoms with Crippen LogP contribution < -0.4 is 0 Å². The lowest BCUT2D eigenvalue weighted by Crippen LogP contribution is -2.22. The van der Waals surface area contributed by atoms with Crippen molar-refractivity contribution >= 4 is 23.7 Å². The number of aromatic nitrogens is 3. The zero-order valence-corrected chi connectivity index (χ0v) is 18.8. The van der Waals surface area contributed by atoms with Crippen LogP contribution in [0.15, 0.2) is 60.8 Å². The number of rotatable bonds is 4. The number of hydrogen-bond donors (Lipinski definition) is 1. The second-order valence-corrected chi connectivity index (χ2v) is 8.56. The number of pyridine rings is 1. The summed E-state index contributed by atoms with van der Waals surface area (Å²) in [6, 6.07) is 11.7. The minimum Gasteiger partial charge on any atom is -0.457 e. The molecule has 1 atom stereocenters. The molecule has 1 aliphatic carbocycles. The number of fused-ring (bicyclic) bond motifs is 1. The number of likely N-dealkylation sites (tertiary alicyclic amines) is 1. The minimum atomic E-state index is -0.262. The van der Waals surface area contributed by atoms with Gasteiger partial charge in [-0.25, -0.2) is 4.79 Å². The fraction of sp³-hybridized carbons (Fsp3) is 0.222. The average molecular weight is 439 g/mol. The van der Waals surface area contributed by atoms with E-state index in [1.807, 2.05) is 74.8 Å². The first kappa shape index (κ1) is 21.1. The van der Waals surface area contributed by atoms with Crippen molar-refractivity contribution in [2.45, 2.75) is 19.4 Å². The van der Waals surface area contributed by atoms with E-state index in [2.05, 4.69) is 32.2 Å². The van der Waals surface area contributed by atoms with Crippen LogP contribution in [-0.2, 0) is 4.74 Å². The standard InChI is InChI=1S/C27H26N4O2/c1-18-5-3-8-25(29-18)26-24(16-28-30-26)20-6-4-7-21-15-22(12-10-19(21)9-11-20)27(32)33-23-13-14-31(2)17-23/h3-12,15-16,23H,13-14,17H2,1-2H3,(H,28,30)/b6-4?,7-4+,11-9-,19-9?,20-6-,20-11?,21-7?/t23-/m1/s1. The monoisotopic (exact) mass is 438 g/mol. The molecule has 2 aromatic heterocycles. The zero-order valence-electron chi connectivity index (χ0n) is 18.8. The van der Waals surface area contributed by atoms with E-state index in [0.717, 1.165) is 58.9 Å². The molecule has 1 aromatic carbocycles. The predicted octanol–water partition coefficient (Wildman–Crippen LogP) is 4.76. The van der Waals surface area contributed by atoms with Crippen LogP contribution in [-0.4, -0.2) is 52.3 Å². The Morgan fingerprint density at radius 2 is 2.06 bits per heavy atom. The first-order valence-corrected chi connectivity index (χ1v) is 11.1. The van der Waals surface area contributed by atoms with Crippen molar-refractivity contribution in [3.8, 4) is 11.4 Å². The van der Waals surface area contributed by atoms with Gasteiger partial charge in [-0.15, -0.1) is 0 Å². The molecule has 6 heteroatoms. The van der Waals surface area contributed by atoms with E-state index < -0.39 is 0 Å². The summed E-state index contributed by atoms with van der Waals surface area (Å²) in [7, 11) is 2.04. The molecule has 0 spiro atoms. The van der Waals surface area contributed by atoms with Gasteiger partial charge in [0.1, 0.15) is 6.10 Å². The third-order valence-electron chi connectivity index (χ3n) is 6.03. The van der Waals surface area contributed by atoms with Gasteiger partial charge < -0.3 is 9.64 Å². The molecular weight excluding hydrogens is 412 g/mol. The number of allylic oxidation sites excluding steroid dienone is 4. The molecule has 0 saturated carbocycles. The number of benzene rings is 1. The molecule has 3 aromatic rings. The molecule has 6 nitrogen and oxygen atoms in total. The van der Waals surface area contributed by atoms with Crippen molar-refractivity contribution in [2.75, 3.05) is 20.1 Å². The molecule has 2 aliphatic rings. The van der Waals surface area contributed by atoms with Gasteiger partial charge >= 0.3 is 5.97 Å². The van der Waals surface area contributed by atoms with E-state index >= 15 is 0 Å². The van der Waals surface area contributed by atoms with E-state index in [1.54, 1.807) is 0 Å². The molecule has 1 aliphatic heterocycles. The van der Waals surface area contributed by atoms with Crippen LogP contribution in [0, 0.1) is 6.92 Å². The van der Waals surface area contributed by atoms with Crippen molar-refractivity contribution in [1.82, 2.24) is 20.1 Å². The number of esters is 1. The van der Waals surface area contributed by atoms with Crippen LogP contribution in [0.5, 0.6) is 0 Å². The van der Waals surface area contributed by atoms with Gasteiger partial charge in [-0.1, -0.05) is 42.5 Å². The summed E-state index contributed by atoms with van der Waals surface area (Å²) in [4.78, 5) is 19.4. The van der Waals surface area contributed by atoms with E-state index in [9.17, 15) is 4.79 Å². The average Bonchev–Trinajstić information content (AvgIpc) is 3.43. The Labute approximate surface area is 193 Å². The Balaban J connectivity index is 1.38. The summed E-state index contributed by atoms with van der Waals surface area (Å²) in [5, 5.41) is 7.35. The van der Waals surface area contributed by atoms with Crippen molar-refractivity contribution in [3.05, 3.63) is 88.8 Å². The fourth-order valence-electron chi connectivity index (χ4n) is 4.26. The van der Waals surface area contributed by atoms with Crippen LogP contribution in [0.1, 0.15) is 39.2 Å². The highest BCUT2D eigenvalue weighted by molar-refractivity contribution is 5.92. The Morgan fingerprint density at radius 1 is 1.15 bits per heavy atom. The molecule has 1 fully saturated rings. The van der Waals surface area contributed by atoms with Crippen LogP contribution in [0.25, 0.3) is 29.1 Å². The number of H-pyrrole nitrogens is 1. The smallest absolute Gasteiger partial charge is 0.338 e. The van der Waals surface area contributed by atoms with Crippen LogP contribution in [0.2, 0.25) is 0 Å². The topological polar surface area (TPSA) is 71.1 Å². The van der Waals surface area contributed by atoms with Crippen molar-refractivity contribution in [2.24, 2.45) is 0 Å². The minimum absolute atomic E-state index is 0.0301. The number of carbonyl (C=O) groups excluding carboxylic acids is 1. The quantitative estimate of drug-likeness (QED) is 0.595. The summed E-state index contributed by atoms with van der Waals surface area (Å²) in [5.74, 6) is -0.262. The molecule has 3 heterocycles. The Kier molecular flexibility index (Phi) is 5.75. The van der Waals surface area contributed by atoms with Gasteiger partial charge in [-0.3, -0.25) is 10.1 Å². The molecule has 166 valence electrons. The summed E-state index contributed by atoms with van der Waals surface area (Å²) in [6.07, 6.45) is 12.9. The van der Waals surface area contributed by atoms with Crippen LogP contribution >= 0.6 is 0 Å². The van der Waals surface area contributed by atoms with Crippen LogP contribution in [0.3, 0.4) is 0 Å². The molecule has 1 saturated heterocycles. The highest BCUT2D eigenvalue weighted by Gasteiger charge is 2.24. The number of nitrogens with zero attached hydrogens (tertiary/aromatic N) is 3. The third kappa shape index (κ3) is 4.56. The Morgan fingerprint density at radius 3 is 2.88 bits per heavy atom. The normalized spacial score (nSPS) is 21.4. The molecule has 33 heavy (non-hydrogen) atoms. The highest BCUT2D eigenvalue weighted by atomic mass is 16.5. The van der Waals surface area contributed by atoms with E-state index in [-0.39, 0.29) is 12.1 Å². The maximum atomic E-state index is 12.6. The van der Waals surface area contributed by atoms with Crippen molar-refractivity contribution in [1.29, 1.82) is 0 Å². The first-order chi connectivity index (χ1) is 16.1. The molecular formula is C27H26N4O2. The van der Waals surface area contributed by atoms with E-state index in [4.69, 9.17) is 4.74 Å². The van der Waals surface area contributed by atoms with Gasteiger partial charge in [0, 0.05) is 24.3 Å². The third-order valence-corrected chi connectivity index (χ3v) is 6.03. The SMILES string of the molecule is Cc1cccc(-c2[nH]ncc2C2=C\C=C\c3cc(C(=O)O[C@@H]4CCN(C)C4)ccc3/C=C\2)n1. The molecule has 0 radical (unpaired) electrons. The Hall–Kier alpha value is -3.77. The van der Waals surface area contributed by atoms with Crippen molar-refractivity contribution < 1.29 is 9.53 Å². The molecule has 0 amide bonds. The number of aromatic amines is 1. The molecule has 1 N–H and O–H groups in total. The second-order valence-electron chi connectivity index (χ2n) is 8.56. The fourth-order valence-corrected chi connectivity index (χ4v) is 4.26. The van der Waals surface area contributed by atoms with Crippen molar-refractivity contribution in [3.63, 3.8) is 0 Å². The molecule has 0 bridgehead atoms. The number of carbonyl (C=O) groups is 1. The maximum Gasteiger partial charge on any atom is 0.338 e. The summed E-state index contributed by atoms with van der Waals surface area (Å²) < 4.78 is 5.69. The lowest BCUT2D eigenvalue weighted by atomic mass is 9.97. The number of likely N-dealkylation sites (N-methyl/N-ethyl adjacent to an activating group) is 1. The maximum absolute atomic E-state index is 12.6. The Bertz CT molecular complexity index is 1280. The zero-order chi connectivity index (χ0) is 22.8. The predicted molar refractivity (Wildman–Crippen MR) is 130 cm³/mol. The molecule has 0 unspecified atom stereocenters. The summed E-state index contributed by atoms with van der Waals surface area (Å²) in [6.45, 7) is 3.73. The van der Waals surface area contributed by atoms with E-state index in [0.29, 0.717) is 5.56 Å². The number of nitrogens with one attached hydrogen (secondary N) is 1. The van der Waals surface area contributed by atoms with E-state index in [1.165, 1.54) is 0 Å². The number of hydrogen-bond acceptors (Lipinski definition) is 5. The van der Waals surface area contributed by atoms with Gasteiger partial charge in [-0.2, -0.15) is 5.10 Å². The molecule has 5 rings (SSSR count). The van der Waals surface area contributed by atoms with Gasteiger partial charge in [0.05, 0.1) is 23.1 Å². The van der Waals surface area contributed by atoms with Gasteiger partial charge in [0.25, 0.3) is 0 Å². The first-order valence-electron chi connectivity index (χ1n) is 11.1. The lowest BCUT2D eigenvalue weighted by molar-refractivity contribution is 0.0327. The number of aryl methyl sites for hydroxylation is 1. The van der Waals surface area contributed by atoms with Gasteiger partial charge in [0.15, 0.2) is 0 Å². The van der Waals surface area contributed by atoms with Gasteiger partial charge in [0.2, 0.25) is 0 Å². The van der Waals surface area contributed by atoms with Gasteiger partial charge in [-0.05, 0) is 61.4 Å². The number of ether oxygens (including phenoxy) is 1. The summed E-state index contributed by atoms with van der Waals surface area (Å²) in [5.41, 5.74) is 7.31. The second kappa shape index (κ2) is 9.00. The van der Waals surface area contributed by atoms with Crippen LogP contribution in [0.4, 0.5) is 0 Å². The lowest BCUT2D eigenvalue weighted by Gasteiger charge is -2.13. The highest BCUT2D eigenvalue weighted by Crippen LogP contribution is 2.29. The largest absolute Gasteiger partial charge is 0.457 e. The summed E-state index contributed by atoms with van der Waals surface area (Å²) >= 11 is 0.